The van der Waals surface area contributed by atoms with E-state index in [9.17, 15) is 5.11 Å². The average molecular weight is 514 g/mol. The Morgan fingerprint density at radius 1 is 0.931 bits per heavy atom. The summed E-state index contributed by atoms with van der Waals surface area (Å²) in [5.74, 6) is 0.275. The summed E-state index contributed by atoms with van der Waals surface area (Å²) in [6, 6.07) is 22.3. The molecular formula is C24H22Br2N2O. The zero-order chi connectivity index (χ0) is 20.4. The number of hydrogen-bond donors (Lipinski definition) is 3. The summed E-state index contributed by atoms with van der Waals surface area (Å²) >= 11 is 7.10. The number of hydrogen-bond acceptors (Lipinski definition) is 3. The lowest BCUT2D eigenvalue weighted by Gasteiger charge is -2.33. The van der Waals surface area contributed by atoms with E-state index in [2.05, 4.69) is 91.9 Å². The molecule has 0 bridgehead atoms. The van der Waals surface area contributed by atoms with Crippen molar-refractivity contribution in [3.05, 3.63) is 104 Å². The zero-order valence-corrected chi connectivity index (χ0v) is 19.2. The summed E-state index contributed by atoms with van der Waals surface area (Å²) < 4.78 is 1.97. The fourth-order valence-electron chi connectivity index (χ4n) is 3.56. The standard InChI is InChI=1S/C24H22Br2N2O/c1-2-15-6-8-16(9-7-15)21-14-22(20-13-19(26)10-11-23(20)29)28-24(27-21)17-4-3-5-18(25)12-17/h3-14,22,24,27-29H,2H2,1H3. The molecule has 3 aromatic rings. The van der Waals surface area contributed by atoms with Crippen LogP contribution in [0.5, 0.6) is 5.75 Å². The van der Waals surface area contributed by atoms with Crippen LogP contribution < -0.4 is 10.6 Å². The zero-order valence-electron chi connectivity index (χ0n) is 16.0. The molecule has 2 atom stereocenters. The highest BCUT2D eigenvalue weighted by Gasteiger charge is 2.26. The first kappa shape index (κ1) is 20.2. The van der Waals surface area contributed by atoms with Crippen molar-refractivity contribution in [3.63, 3.8) is 0 Å². The quantitative estimate of drug-likeness (QED) is 0.375. The Kier molecular flexibility index (Phi) is 6.09. The second kappa shape index (κ2) is 8.74. The summed E-state index contributed by atoms with van der Waals surface area (Å²) in [7, 11) is 0. The van der Waals surface area contributed by atoms with E-state index in [4.69, 9.17) is 0 Å². The molecule has 148 valence electrons. The number of phenols is 1. The fraction of sp³-hybridized carbons (Fsp3) is 0.167. The van der Waals surface area contributed by atoms with E-state index < -0.39 is 0 Å². The minimum atomic E-state index is -0.140. The maximum absolute atomic E-state index is 10.5. The molecule has 0 aromatic heterocycles. The van der Waals surface area contributed by atoms with Gasteiger partial charge in [0.05, 0.1) is 6.04 Å². The Bertz CT molecular complexity index is 1050. The number of aryl methyl sites for hydroxylation is 1. The van der Waals surface area contributed by atoms with Crippen LogP contribution in [0.1, 0.15) is 41.4 Å². The highest BCUT2D eigenvalue weighted by molar-refractivity contribution is 9.10. The molecule has 0 saturated carbocycles. The molecule has 0 aliphatic carbocycles. The van der Waals surface area contributed by atoms with Crippen LogP contribution >= 0.6 is 31.9 Å². The first-order chi connectivity index (χ1) is 14.0. The molecule has 1 aliphatic heterocycles. The second-order valence-corrected chi connectivity index (χ2v) is 8.94. The van der Waals surface area contributed by atoms with Crippen LogP contribution in [0.15, 0.2) is 81.8 Å². The van der Waals surface area contributed by atoms with Crippen molar-refractivity contribution in [1.82, 2.24) is 10.6 Å². The van der Waals surface area contributed by atoms with Crippen LogP contribution in [-0.4, -0.2) is 5.11 Å². The van der Waals surface area contributed by atoms with E-state index in [0.29, 0.717) is 0 Å². The third kappa shape index (κ3) is 4.58. The molecule has 29 heavy (non-hydrogen) atoms. The number of phenolic OH excluding ortho intramolecular Hbond substituents is 1. The molecule has 1 heterocycles. The van der Waals surface area contributed by atoms with Crippen molar-refractivity contribution < 1.29 is 5.11 Å². The molecular weight excluding hydrogens is 492 g/mol. The van der Waals surface area contributed by atoms with Crippen LogP contribution in [-0.2, 0) is 6.42 Å². The number of benzene rings is 3. The van der Waals surface area contributed by atoms with Crippen molar-refractivity contribution in [1.29, 1.82) is 0 Å². The average Bonchev–Trinajstić information content (AvgIpc) is 2.75. The topological polar surface area (TPSA) is 44.3 Å². The van der Waals surface area contributed by atoms with E-state index >= 15 is 0 Å². The lowest BCUT2D eigenvalue weighted by atomic mass is 9.97. The van der Waals surface area contributed by atoms with Gasteiger partial charge in [0.25, 0.3) is 0 Å². The van der Waals surface area contributed by atoms with E-state index in [1.54, 1.807) is 6.07 Å². The van der Waals surface area contributed by atoms with Gasteiger partial charge in [-0.3, -0.25) is 5.32 Å². The van der Waals surface area contributed by atoms with Crippen molar-refractivity contribution in [2.24, 2.45) is 0 Å². The molecule has 2 unspecified atom stereocenters. The smallest absolute Gasteiger partial charge is 0.120 e. The summed E-state index contributed by atoms with van der Waals surface area (Å²) in [4.78, 5) is 0. The van der Waals surface area contributed by atoms with Gasteiger partial charge in [0, 0.05) is 20.2 Å². The number of rotatable bonds is 4. The number of nitrogens with one attached hydrogen (secondary N) is 2. The third-order valence-corrected chi connectivity index (χ3v) is 6.15. The summed E-state index contributed by atoms with van der Waals surface area (Å²) in [6.07, 6.45) is 3.06. The minimum absolute atomic E-state index is 0.0956. The fourth-order valence-corrected chi connectivity index (χ4v) is 4.35. The predicted octanol–water partition coefficient (Wildman–Crippen LogP) is 6.45. The molecule has 0 amide bonds. The summed E-state index contributed by atoms with van der Waals surface area (Å²) in [5.41, 5.74) is 5.44. The van der Waals surface area contributed by atoms with Gasteiger partial charge in [0.2, 0.25) is 0 Å². The van der Waals surface area contributed by atoms with E-state index in [-0.39, 0.29) is 18.0 Å². The SMILES string of the molecule is CCc1ccc(C2=CC(c3cc(Br)ccc3O)NC(c3cccc(Br)c3)N2)cc1. The molecule has 3 aromatic carbocycles. The highest BCUT2D eigenvalue weighted by Crippen LogP contribution is 2.35. The normalized spacial score (nSPS) is 18.8. The molecule has 5 heteroatoms. The van der Waals surface area contributed by atoms with Crippen LogP contribution in [0.3, 0.4) is 0 Å². The lowest BCUT2D eigenvalue weighted by molar-refractivity contribution is 0.419. The largest absolute Gasteiger partial charge is 0.508 e. The first-order valence-electron chi connectivity index (χ1n) is 9.61. The second-order valence-electron chi connectivity index (χ2n) is 7.11. The Morgan fingerprint density at radius 3 is 2.41 bits per heavy atom. The lowest BCUT2D eigenvalue weighted by Crippen LogP contribution is -2.39. The van der Waals surface area contributed by atoms with Gasteiger partial charge < -0.3 is 10.4 Å². The van der Waals surface area contributed by atoms with E-state index in [0.717, 1.165) is 37.8 Å². The molecule has 1 aliphatic rings. The Morgan fingerprint density at radius 2 is 1.69 bits per heavy atom. The molecule has 0 fully saturated rings. The molecule has 0 radical (unpaired) electrons. The maximum atomic E-state index is 10.5. The molecule has 4 rings (SSSR count). The van der Waals surface area contributed by atoms with Crippen molar-refractivity contribution in [2.45, 2.75) is 25.6 Å². The molecule has 3 N–H and O–H groups in total. The molecule has 3 nitrogen and oxygen atoms in total. The van der Waals surface area contributed by atoms with Gasteiger partial charge in [-0.25, -0.2) is 0 Å². The minimum Gasteiger partial charge on any atom is -0.508 e. The van der Waals surface area contributed by atoms with E-state index in [1.165, 1.54) is 5.56 Å². The Labute approximate surface area is 188 Å². The van der Waals surface area contributed by atoms with Crippen LogP contribution in [0.25, 0.3) is 5.70 Å². The highest BCUT2D eigenvalue weighted by atomic mass is 79.9. The number of aromatic hydroxyl groups is 1. The monoisotopic (exact) mass is 512 g/mol. The van der Waals surface area contributed by atoms with E-state index in [1.807, 2.05) is 24.3 Å². The first-order valence-corrected chi connectivity index (χ1v) is 11.2. The van der Waals surface area contributed by atoms with Gasteiger partial charge in [-0.1, -0.05) is 75.2 Å². The third-order valence-electron chi connectivity index (χ3n) is 5.16. The van der Waals surface area contributed by atoms with Crippen molar-refractivity contribution in [2.75, 3.05) is 0 Å². The van der Waals surface area contributed by atoms with Gasteiger partial charge in [-0.2, -0.15) is 0 Å². The van der Waals surface area contributed by atoms with Gasteiger partial charge in [0.1, 0.15) is 11.9 Å². The van der Waals surface area contributed by atoms with Gasteiger partial charge in [-0.15, -0.1) is 0 Å². The summed E-state index contributed by atoms with van der Waals surface area (Å²) in [5, 5.41) is 17.7. The predicted molar refractivity (Wildman–Crippen MR) is 125 cm³/mol. The van der Waals surface area contributed by atoms with Gasteiger partial charge in [-0.05, 0) is 59.5 Å². The van der Waals surface area contributed by atoms with Crippen LogP contribution in [0, 0.1) is 0 Å². The molecule has 0 saturated heterocycles. The molecule has 0 spiro atoms. The summed E-state index contributed by atoms with van der Waals surface area (Å²) in [6.45, 7) is 2.16. The Hall–Kier alpha value is -2.08. The van der Waals surface area contributed by atoms with Gasteiger partial charge >= 0.3 is 0 Å². The Balaban J connectivity index is 1.76. The van der Waals surface area contributed by atoms with Crippen LogP contribution in [0.2, 0.25) is 0 Å². The maximum Gasteiger partial charge on any atom is 0.120 e. The van der Waals surface area contributed by atoms with Gasteiger partial charge in [0.15, 0.2) is 0 Å². The van der Waals surface area contributed by atoms with Crippen molar-refractivity contribution >= 4 is 37.6 Å². The number of halogens is 2. The van der Waals surface area contributed by atoms with Crippen LogP contribution in [0.4, 0.5) is 0 Å². The van der Waals surface area contributed by atoms with Crippen molar-refractivity contribution in [3.8, 4) is 5.75 Å².